The van der Waals surface area contributed by atoms with Gasteiger partial charge in [-0.15, -0.1) is 0 Å². The molecule has 2 saturated heterocycles. The smallest absolute Gasteiger partial charge is 0.266 e. The van der Waals surface area contributed by atoms with Crippen LogP contribution in [-0.4, -0.2) is 57.3 Å². The molecule has 3 aromatic rings. The molecular weight excluding hydrogens is 537 g/mol. The molecule has 0 spiro atoms. The third-order valence-electron chi connectivity index (χ3n) is 6.86. The zero-order chi connectivity index (χ0) is 26.9. The molecule has 0 unspecified atom stereocenters. The third kappa shape index (κ3) is 5.36. The second kappa shape index (κ2) is 11.1. The zero-order valence-corrected chi connectivity index (χ0v) is 23.9. The Morgan fingerprint density at radius 2 is 1.84 bits per heavy atom. The summed E-state index contributed by atoms with van der Waals surface area (Å²) < 4.78 is 30.8. The first-order chi connectivity index (χ1) is 18.3. The van der Waals surface area contributed by atoms with E-state index in [1.54, 1.807) is 32.1 Å². The molecule has 2 aliphatic rings. The fourth-order valence-corrected chi connectivity index (χ4v) is 7.48. The first kappa shape index (κ1) is 26.8. The van der Waals surface area contributed by atoms with E-state index in [0.29, 0.717) is 51.6 Å². The summed E-state index contributed by atoms with van der Waals surface area (Å²) in [5.41, 5.74) is 2.84. The zero-order valence-electron chi connectivity index (χ0n) is 21.4. The van der Waals surface area contributed by atoms with Crippen LogP contribution < -0.4 is 0 Å². The molecule has 10 heteroatoms. The van der Waals surface area contributed by atoms with Crippen LogP contribution in [0.1, 0.15) is 38.7 Å². The first-order valence-corrected chi connectivity index (χ1v) is 15.5. The van der Waals surface area contributed by atoms with E-state index in [-0.39, 0.29) is 10.8 Å². The molecule has 0 aliphatic carbocycles. The number of hydrogen-bond donors (Lipinski definition) is 0. The van der Waals surface area contributed by atoms with E-state index >= 15 is 0 Å². The van der Waals surface area contributed by atoms with Crippen molar-refractivity contribution in [1.29, 1.82) is 0 Å². The van der Waals surface area contributed by atoms with E-state index in [9.17, 15) is 13.2 Å². The monoisotopic (exact) mass is 566 g/mol. The van der Waals surface area contributed by atoms with Gasteiger partial charge in [-0.1, -0.05) is 68.2 Å². The van der Waals surface area contributed by atoms with Crippen LogP contribution >= 0.6 is 24.0 Å². The number of carbonyl (C=O) groups excluding carboxylic acids is 1. The normalized spacial score (nSPS) is 18.6. The van der Waals surface area contributed by atoms with Crippen molar-refractivity contribution in [2.45, 2.75) is 38.0 Å². The number of thiocarbonyl (C=S) groups is 1. The van der Waals surface area contributed by atoms with Crippen LogP contribution in [0, 0.1) is 5.92 Å². The van der Waals surface area contributed by atoms with E-state index in [2.05, 4.69) is 6.92 Å². The van der Waals surface area contributed by atoms with Gasteiger partial charge in [-0.25, -0.2) is 13.1 Å². The van der Waals surface area contributed by atoms with Crippen LogP contribution in [0.15, 0.2) is 70.6 Å². The van der Waals surface area contributed by atoms with Gasteiger partial charge in [-0.05, 0) is 55.5 Å². The van der Waals surface area contributed by atoms with E-state index in [0.717, 1.165) is 24.9 Å². The first-order valence-electron chi connectivity index (χ1n) is 12.8. The highest BCUT2D eigenvalue weighted by Crippen LogP contribution is 2.35. The molecule has 0 atom stereocenters. The summed E-state index contributed by atoms with van der Waals surface area (Å²) in [4.78, 5) is 15.5. The SMILES string of the molecule is CCCN1C(=O)C(=Cc2cn(-c3ccccc3)nc2-c2cccc(S(=O)(=O)N3CCC(C)CC3)c2)SC1=S. The Morgan fingerprint density at radius 3 is 2.55 bits per heavy atom. The average Bonchev–Trinajstić information content (AvgIpc) is 3.46. The summed E-state index contributed by atoms with van der Waals surface area (Å²) in [6.45, 7) is 5.80. The largest absolute Gasteiger partial charge is 0.293 e. The lowest BCUT2D eigenvalue weighted by Crippen LogP contribution is -2.37. The predicted molar refractivity (Wildman–Crippen MR) is 156 cm³/mol. The van der Waals surface area contributed by atoms with Gasteiger partial charge in [0.05, 0.1) is 15.5 Å². The molecular formula is C28H30N4O3S3. The summed E-state index contributed by atoms with van der Waals surface area (Å²) in [5, 5.41) is 4.83. The van der Waals surface area contributed by atoms with Crippen LogP contribution in [-0.2, 0) is 14.8 Å². The minimum Gasteiger partial charge on any atom is -0.293 e. The maximum absolute atomic E-state index is 13.5. The highest BCUT2D eigenvalue weighted by Gasteiger charge is 2.32. The Labute approximate surface area is 233 Å². The molecule has 2 fully saturated rings. The number of aromatic nitrogens is 2. The molecule has 38 heavy (non-hydrogen) atoms. The van der Waals surface area contributed by atoms with E-state index in [1.165, 1.54) is 11.8 Å². The third-order valence-corrected chi connectivity index (χ3v) is 10.1. The second-order valence-electron chi connectivity index (χ2n) is 9.66. The number of benzene rings is 2. The summed E-state index contributed by atoms with van der Waals surface area (Å²) in [5.74, 6) is 0.415. The number of nitrogens with zero attached hydrogens (tertiary/aromatic N) is 4. The van der Waals surface area contributed by atoms with Crippen LogP contribution in [0.2, 0.25) is 0 Å². The molecule has 0 saturated carbocycles. The number of carbonyl (C=O) groups is 1. The number of hydrogen-bond acceptors (Lipinski definition) is 6. The molecule has 2 aliphatic heterocycles. The van der Waals surface area contributed by atoms with Crippen LogP contribution in [0.3, 0.4) is 0 Å². The van der Waals surface area contributed by atoms with Gasteiger partial charge in [0.2, 0.25) is 10.0 Å². The Kier molecular flexibility index (Phi) is 7.85. The number of rotatable bonds is 7. The fourth-order valence-electron chi connectivity index (χ4n) is 4.67. The van der Waals surface area contributed by atoms with Gasteiger partial charge in [-0.3, -0.25) is 9.69 Å². The van der Waals surface area contributed by atoms with E-state index in [4.69, 9.17) is 17.3 Å². The van der Waals surface area contributed by atoms with Crippen molar-refractivity contribution in [2.75, 3.05) is 19.6 Å². The van der Waals surface area contributed by atoms with Gasteiger partial charge in [0.15, 0.2) is 0 Å². The molecule has 1 aromatic heterocycles. The number of para-hydroxylation sites is 1. The standard InChI is InChI=1S/C28H30N4O3S3/c1-3-14-31-27(33)25(37-28(31)36)18-22-19-32(23-9-5-4-6-10-23)29-26(22)21-8-7-11-24(17-21)38(34,35)30-15-12-20(2)13-16-30/h4-11,17-20H,3,12-16H2,1-2H3. The maximum atomic E-state index is 13.5. The molecule has 7 nitrogen and oxygen atoms in total. The summed E-state index contributed by atoms with van der Waals surface area (Å²) in [6, 6.07) is 16.6. The van der Waals surface area contributed by atoms with Gasteiger partial charge < -0.3 is 0 Å². The number of amides is 1. The molecule has 5 rings (SSSR count). The Morgan fingerprint density at radius 1 is 1.11 bits per heavy atom. The van der Waals surface area contributed by atoms with Gasteiger partial charge in [0.1, 0.15) is 10.0 Å². The molecule has 0 N–H and O–H groups in total. The van der Waals surface area contributed by atoms with Gasteiger partial charge in [0, 0.05) is 37.0 Å². The summed E-state index contributed by atoms with van der Waals surface area (Å²) in [6.07, 6.45) is 6.21. The second-order valence-corrected chi connectivity index (χ2v) is 13.3. The Balaban J connectivity index is 1.56. The highest BCUT2D eigenvalue weighted by molar-refractivity contribution is 8.26. The molecule has 0 radical (unpaired) electrons. The minimum absolute atomic E-state index is 0.115. The van der Waals surface area contributed by atoms with Crippen molar-refractivity contribution in [1.82, 2.24) is 19.0 Å². The lowest BCUT2D eigenvalue weighted by molar-refractivity contribution is -0.122. The molecule has 3 heterocycles. The van der Waals surface area contributed by atoms with E-state index in [1.807, 2.05) is 55.6 Å². The van der Waals surface area contributed by atoms with Crippen molar-refractivity contribution < 1.29 is 13.2 Å². The minimum atomic E-state index is -3.62. The molecule has 198 valence electrons. The molecule has 0 bridgehead atoms. The number of piperidine rings is 1. The molecule has 2 aromatic carbocycles. The Hall–Kier alpha value is -2.79. The highest BCUT2D eigenvalue weighted by atomic mass is 32.2. The van der Waals surface area contributed by atoms with Crippen LogP contribution in [0.4, 0.5) is 0 Å². The van der Waals surface area contributed by atoms with Crippen molar-refractivity contribution in [3.63, 3.8) is 0 Å². The topological polar surface area (TPSA) is 75.5 Å². The predicted octanol–water partition coefficient (Wildman–Crippen LogP) is 5.57. The van der Waals surface area contributed by atoms with Gasteiger partial charge >= 0.3 is 0 Å². The van der Waals surface area contributed by atoms with Crippen LogP contribution in [0.5, 0.6) is 0 Å². The van der Waals surface area contributed by atoms with Crippen LogP contribution in [0.25, 0.3) is 23.0 Å². The van der Waals surface area contributed by atoms with Crippen molar-refractivity contribution in [3.05, 3.63) is 71.3 Å². The number of sulfonamides is 1. The van der Waals surface area contributed by atoms with Crippen molar-refractivity contribution in [3.8, 4) is 16.9 Å². The van der Waals surface area contributed by atoms with Crippen molar-refractivity contribution in [2.24, 2.45) is 5.92 Å². The maximum Gasteiger partial charge on any atom is 0.266 e. The average molecular weight is 567 g/mol. The van der Waals surface area contributed by atoms with Gasteiger partial charge in [0.25, 0.3) is 5.91 Å². The number of thioether (sulfide) groups is 1. The lowest BCUT2D eigenvalue weighted by Gasteiger charge is -2.29. The fraction of sp³-hybridized carbons (Fsp3) is 0.321. The molecule has 1 amide bonds. The Bertz CT molecular complexity index is 1490. The van der Waals surface area contributed by atoms with E-state index < -0.39 is 10.0 Å². The summed E-state index contributed by atoms with van der Waals surface area (Å²) in [7, 11) is -3.62. The quantitative estimate of drug-likeness (QED) is 0.275. The van der Waals surface area contributed by atoms with Crippen molar-refractivity contribution >= 4 is 50.3 Å². The lowest BCUT2D eigenvalue weighted by atomic mass is 10.0. The summed E-state index contributed by atoms with van der Waals surface area (Å²) >= 11 is 6.73. The van der Waals surface area contributed by atoms with Gasteiger partial charge in [-0.2, -0.15) is 9.40 Å².